The van der Waals surface area contributed by atoms with Crippen LogP contribution < -0.4 is 5.32 Å². The SMILES string of the molecule is CN[C@H](c1cccnc1)C(F)(F)F. The quantitative estimate of drug-likeness (QED) is 0.770. The molecule has 0 radical (unpaired) electrons. The molecule has 0 spiro atoms. The highest BCUT2D eigenvalue weighted by Gasteiger charge is 2.39. The summed E-state index contributed by atoms with van der Waals surface area (Å²) in [6.45, 7) is 0. The number of rotatable bonds is 2. The standard InChI is InChI=1S/C8H9F3N2/c1-12-7(8(9,10)11)6-3-2-4-13-5-6/h2-5,7,12H,1H3/t7-/m1/s1. The van der Waals surface area contributed by atoms with Crippen molar-refractivity contribution < 1.29 is 13.2 Å². The molecule has 0 saturated heterocycles. The van der Waals surface area contributed by atoms with Crippen LogP contribution in [0.25, 0.3) is 0 Å². The molecule has 5 heteroatoms. The van der Waals surface area contributed by atoms with Gasteiger partial charge in [-0.3, -0.25) is 4.98 Å². The van der Waals surface area contributed by atoms with E-state index >= 15 is 0 Å². The number of nitrogens with zero attached hydrogens (tertiary/aromatic N) is 1. The lowest BCUT2D eigenvalue weighted by molar-refractivity contribution is -0.156. The number of alkyl halides is 3. The molecule has 0 unspecified atom stereocenters. The van der Waals surface area contributed by atoms with Gasteiger partial charge in [-0.1, -0.05) is 6.07 Å². The topological polar surface area (TPSA) is 24.9 Å². The van der Waals surface area contributed by atoms with Crippen LogP contribution in [0.2, 0.25) is 0 Å². The van der Waals surface area contributed by atoms with E-state index in [1.54, 1.807) is 0 Å². The molecule has 0 aliphatic heterocycles. The second-order valence-electron chi connectivity index (χ2n) is 2.55. The lowest BCUT2D eigenvalue weighted by Gasteiger charge is -2.19. The first kappa shape index (κ1) is 9.98. The van der Waals surface area contributed by atoms with Crippen molar-refractivity contribution in [3.8, 4) is 0 Å². The van der Waals surface area contributed by atoms with E-state index in [4.69, 9.17) is 0 Å². The van der Waals surface area contributed by atoms with Gasteiger partial charge in [-0.25, -0.2) is 0 Å². The van der Waals surface area contributed by atoms with Crippen molar-refractivity contribution in [1.29, 1.82) is 0 Å². The van der Waals surface area contributed by atoms with Crippen LogP contribution in [0.1, 0.15) is 11.6 Å². The molecule has 0 aliphatic carbocycles. The Kier molecular flexibility index (Phi) is 2.87. The van der Waals surface area contributed by atoms with Gasteiger partial charge < -0.3 is 5.32 Å². The van der Waals surface area contributed by atoms with Crippen molar-refractivity contribution in [3.63, 3.8) is 0 Å². The molecule has 1 heterocycles. The van der Waals surface area contributed by atoms with Gasteiger partial charge in [-0.05, 0) is 18.7 Å². The van der Waals surface area contributed by atoms with Gasteiger partial charge in [0.15, 0.2) is 0 Å². The lowest BCUT2D eigenvalue weighted by Crippen LogP contribution is -2.31. The third kappa shape index (κ3) is 2.42. The molecule has 72 valence electrons. The van der Waals surface area contributed by atoms with E-state index < -0.39 is 12.2 Å². The number of halogens is 3. The molecule has 0 saturated carbocycles. The van der Waals surface area contributed by atoms with Crippen LogP contribution in [0.4, 0.5) is 13.2 Å². The predicted octanol–water partition coefficient (Wildman–Crippen LogP) is 1.90. The molecule has 0 fully saturated rings. The Labute approximate surface area is 73.8 Å². The second kappa shape index (κ2) is 3.74. The van der Waals surface area contributed by atoms with Crippen LogP contribution >= 0.6 is 0 Å². The Bertz CT molecular complexity index is 258. The van der Waals surface area contributed by atoms with Crippen LogP contribution in [-0.4, -0.2) is 18.2 Å². The molecule has 0 bridgehead atoms. The van der Waals surface area contributed by atoms with Crippen LogP contribution in [0.5, 0.6) is 0 Å². The molecular formula is C8H9F3N2. The Morgan fingerprint density at radius 2 is 2.15 bits per heavy atom. The van der Waals surface area contributed by atoms with Gasteiger partial charge in [0, 0.05) is 12.4 Å². The summed E-state index contributed by atoms with van der Waals surface area (Å²) < 4.78 is 36.9. The molecule has 13 heavy (non-hydrogen) atoms. The Morgan fingerprint density at radius 3 is 2.54 bits per heavy atom. The third-order valence-electron chi connectivity index (χ3n) is 1.63. The maximum absolute atomic E-state index is 12.3. The summed E-state index contributed by atoms with van der Waals surface area (Å²) in [6, 6.07) is 1.23. The van der Waals surface area contributed by atoms with Gasteiger partial charge in [-0.15, -0.1) is 0 Å². The van der Waals surface area contributed by atoms with Crippen LogP contribution in [0, 0.1) is 0 Å². The minimum atomic E-state index is -4.28. The minimum absolute atomic E-state index is 0.123. The Balaban J connectivity index is 2.92. The van der Waals surface area contributed by atoms with Gasteiger partial charge in [0.05, 0.1) is 0 Å². The Hall–Kier alpha value is -1.10. The first-order chi connectivity index (χ1) is 6.05. The fourth-order valence-corrected chi connectivity index (χ4v) is 1.07. The van der Waals surface area contributed by atoms with Gasteiger partial charge >= 0.3 is 6.18 Å². The average Bonchev–Trinajstić information content (AvgIpc) is 2.05. The van der Waals surface area contributed by atoms with Crippen LogP contribution in [0.15, 0.2) is 24.5 Å². The van der Waals surface area contributed by atoms with E-state index in [0.717, 1.165) is 0 Å². The molecule has 1 atom stereocenters. The molecular weight excluding hydrogens is 181 g/mol. The molecule has 1 aromatic rings. The number of hydrogen-bond acceptors (Lipinski definition) is 2. The van der Waals surface area contributed by atoms with Gasteiger partial charge in [0.2, 0.25) is 0 Å². The third-order valence-corrected chi connectivity index (χ3v) is 1.63. The van der Waals surface area contributed by atoms with Gasteiger partial charge in [0.25, 0.3) is 0 Å². The molecule has 1 N–H and O–H groups in total. The van der Waals surface area contributed by atoms with Gasteiger partial charge in [-0.2, -0.15) is 13.2 Å². The number of nitrogens with one attached hydrogen (secondary N) is 1. The summed E-state index contributed by atoms with van der Waals surface area (Å²) >= 11 is 0. The van der Waals surface area contributed by atoms with Crippen molar-refractivity contribution in [2.24, 2.45) is 0 Å². The first-order valence-electron chi connectivity index (χ1n) is 3.69. The summed E-state index contributed by atoms with van der Waals surface area (Å²) in [4.78, 5) is 3.63. The molecule has 0 aromatic carbocycles. The maximum Gasteiger partial charge on any atom is 0.407 e. The van der Waals surface area contributed by atoms with E-state index in [2.05, 4.69) is 10.3 Å². The van der Waals surface area contributed by atoms with E-state index in [1.165, 1.54) is 31.6 Å². The van der Waals surface area contributed by atoms with E-state index in [1.807, 2.05) is 0 Å². The van der Waals surface area contributed by atoms with E-state index in [-0.39, 0.29) is 5.56 Å². The zero-order valence-corrected chi connectivity index (χ0v) is 6.97. The number of aromatic nitrogens is 1. The minimum Gasteiger partial charge on any atom is -0.305 e. The van der Waals surface area contributed by atoms with Crippen molar-refractivity contribution in [1.82, 2.24) is 10.3 Å². The number of pyridine rings is 1. The predicted molar refractivity (Wildman–Crippen MR) is 42.1 cm³/mol. The fourth-order valence-electron chi connectivity index (χ4n) is 1.07. The van der Waals surface area contributed by atoms with E-state index in [0.29, 0.717) is 0 Å². The first-order valence-corrected chi connectivity index (χ1v) is 3.69. The maximum atomic E-state index is 12.3. The zero-order chi connectivity index (χ0) is 9.90. The highest BCUT2D eigenvalue weighted by molar-refractivity contribution is 5.15. The molecule has 2 nitrogen and oxygen atoms in total. The summed E-state index contributed by atoms with van der Waals surface area (Å²) in [5.74, 6) is 0. The molecule has 0 amide bonds. The molecule has 1 aromatic heterocycles. The van der Waals surface area contributed by atoms with Crippen LogP contribution in [-0.2, 0) is 0 Å². The Morgan fingerprint density at radius 1 is 1.46 bits per heavy atom. The van der Waals surface area contributed by atoms with Crippen molar-refractivity contribution >= 4 is 0 Å². The zero-order valence-electron chi connectivity index (χ0n) is 6.97. The van der Waals surface area contributed by atoms with Crippen molar-refractivity contribution in [2.45, 2.75) is 12.2 Å². The molecule has 1 rings (SSSR count). The highest BCUT2D eigenvalue weighted by Crippen LogP contribution is 2.31. The second-order valence-corrected chi connectivity index (χ2v) is 2.55. The smallest absolute Gasteiger partial charge is 0.305 e. The van der Waals surface area contributed by atoms with Crippen LogP contribution in [0.3, 0.4) is 0 Å². The van der Waals surface area contributed by atoms with Gasteiger partial charge in [0.1, 0.15) is 6.04 Å². The van der Waals surface area contributed by atoms with E-state index in [9.17, 15) is 13.2 Å². The summed E-state index contributed by atoms with van der Waals surface area (Å²) in [5.41, 5.74) is 0.123. The van der Waals surface area contributed by atoms with Crippen molar-refractivity contribution in [2.75, 3.05) is 7.05 Å². The normalized spacial score (nSPS) is 14.2. The molecule has 0 aliphatic rings. The largest absolute Gasteiger partial charge is 0.407 e. The lowest BCUT2D eigenvalue weighted by atomic mass is 10.1. The summed E-state index contributed by atoms with van der Waals surface area (Å²) in [7, 11) is 1.27. The van der Waals surface area contributed by atoms with Crippen molar-refractivity contribution in [3.05, 3.63) is 30.1 Å². The summed E-state index contributed by atoms with van der Waals surface area (Å²) in [6.07, 6.45) is -1.64. The fraction of sp³-hybridized carbons (Fsp3) is 0.375. The number of hydrogen-bond donors (Lipinski definition) is 1. The monoisotopic (exact) mass is 190 g/mol. The highest BCUT2D eigenvalue weighted by atomic mass is 19.4. The average molecular weight is 190 g/mol. The summed E-state index contributed by atoms with van der Waals surface area (Å²) in [5, 5.41) is 2.19.